The summed E-state index contributed by atoms with van der Waals surface area (Å²) in [5.41, 5.74) is 0. The van der Waals surface area contributed by atoms with Gasteiger partial charge in [-0.05, 0) is 6.92 Å². The van der Waals surface area contributed by atoms with Crippen LogP contribution in [0.1, 0.15) is 6.92 Å². The average Bonchev–Trinajstić information content (AvgIpc) is 1.37. The van der Waals surface area contributed by atoms with Gasteiger partial charge in [0.2, 0.25) is 0 Å². The molecule has 0 fully saturated rings. The van der Waals surface area contributed by atoms with Gasteiger partial charge in [-0.2, -0.15) is 0 Å². The molecule has 1 nitrogen and oxygen atoms in total. The zero-order valence-electron chi connectivity index (χ0n) is 3.51. The second kappa shape index (κ2) is 16.1. The molecule has 0 saturated heterocycles. The molecule has 0 bridgehead atoms. The van der Waals surface area contributed by atoms with E-state index in [0.29, 0.717) is 0 Å². The van der Waals surface area contributed by atoms with Crippen molar-refractivity contribution in [3.8, 4) is 0 Å². The first-order valence-corrected chi connectivity index (χ1v) is 1.70. The van der Waals surface area contributed by atoms with Crippen LogP contribution in [0.5, 0.6) is 0 Å². The molecule has 0 spiro atoms. The van der Waals surface area contributed by atoms with Crippen LogP contribution in [0.4, 0.5) is 0 Å². The highest BCUT2D eigenvalue weighted by Gasteiger charge is 1.52. The van der Waals surface area contributed by atoms with Crippen molar-refractivity contribution < 1.29 is 3.79 Å². The summed E-state index contributed by atoms with van der Waals surface area (Å²) in [6.45, 7) is 2.72. The first kappa shape index (κ1) is 15.7. The molecule has 0 N–H and O–H groups in total. The maximum atomic E-state index is 4.46. The lowest BCUT2D eigenvalue weighted by molar-refractivity contribution is 0.375. The van der Waals surface area contributed by atoms with Crippen molar-refractivity contribution in [3.63, 3.8) is 0 Å². The monoisotopic (exact) mass is 232 g/mol. The van der Waals surface area contributed by atoms with E-state index in [0.717, 1.165) is 6.61 Å². The van der Waals surface area contributed by atoms with Gasteiger partial charge in [0, 0.05) is 6.61 Å². The highest BCUT2D eigenvalue weighted by molar-refractivity contribution is 8.93. The molecule has 0 aliphatic carbocycles. The lowest BCUT2D eigenvalue weighted by Crippen LogP contribution is -1.76. The lowest BCUT2D eigenvalue weighted by atomic mass is 10.9. The van der Waals surface area contributed by atoms with Crippen molar-refractivity contribution in [1.82, 2.24) is 0 Å². The summed E-state index contributed by atoms with van der Waals surface area (Å²) >= 11 is 2.16. The maximum Gasteiger partial charge on any atom is 0.369 e. The Morgan fingerprint density at radius 1 is 1.50 bits per heavy atom. The molecule has 0 amide bonds. The Labute approximate surface area is 67.7 Å². The Balaban J connectivity index is -0.0000000450. The Morgan fingerprint density at radius 3 is 1.67 bits per heavy atom. The molecular weight excluding hydrogens is 227 g/mol. The summed E-state index contributed by atoms with van der Waals surface area (Å²) < 4.78 is 4.46. The van der Waals surface area contributed by atoms with E-state index in [2.05, 4.69) is 20.4 Å². The van der Waals surface area contributed by atoms with Crippen molar-refractivity contribution in [1.29, 1.82) is 0 Å². The predicted molar refractivity (Wildman–Crippen MR) is 38.0 cm³/mol. The van der Waals surface area contributed by atoms with Gasteiger partial charge in [0.15, 0.2) is 0 Å². The van der Waals surface area contributed by atoms with Crippen molar-refractivity contribution in [2.45, 2.75) is 6.92 Å². The molecule has 2 radical (unpaired) electrons. The van der Waals surface area contributed by atoms with Crippen LogP contribution in [0.3, 0.4) is 0 Å². The van der Waals surface area contributed by atoms with Gasteiger partial charge in [0.05, 0.1) is 0 Å². The quantitative estimate of drug-likeness (QED) is 0.620. The zero-order valence-corrected chi connectivity index (χ0v) is 8.09. The number of hydrogen-bond acceptors (Lipinski definition) is 1. The van der Waals surface area contributed by atoms with Crippen LogP contribution in [-0.2, 0) is 3.79 Å². The van der Waals surface area contributed by atoms with Crippen LogP contribution in [0, 0.1) is 0 Å². The average molecular weight is 234 g/mol. The molecule has 4 heteroatoms. The van der Waals surface area contributed by atoms with Crippen LogP contribution in [0.2, 0.25) is 0 Å². The van der Waals surface area contributed by atoms with Crippen LogP contribution < -0.4 is 0 Å². The number of rotatable bonds is 1. The number of hydrogen-bond donors (Lipinski definition) is 0. The number of halogens is 2. The Hall–Kier alpha value is 1.45. The van der Waals surface area contributed by atoms with Crippen LogP contribution in [0.25, 0.3) is 0 Å². The van der Waals surface area contributed by atoms with E-state index in [4.69, 9.17) is 0 Å². The van der Waals surface area contributed by atoms with Crippen LogP contribution in [0.15, 0.2) is 0 Å². The van der Waals surface area contributed by atoms with Gasteiger partial charge in [-0.15, -0.1) is 34.0 Å². The standard InChI is InChI=1S/C2H5O.Al.2BrH/c1-2-3;;;/h2H2,1H3;;2*1H/q-1;+1;;. The molecule has 0 rings (SSSR count). The van der Waals surface area contributed by atoms with Crippen LogP contribution >= 0.6 is 34.0 Å². The summed E-state index contributed by atoms with van der Waals surface area (Å²) in [4.78, 5) is 0. The summed E-state index contributed by atoms with van der Waals surface area (Å²) in [7, 11) is 0. The van der Waals surface area contributed by atoms with Gasteiger partial charge >= 0.3 is 16.6 Å². The van der Waals surface area contributed by atoms with Gasteiger partial charge in [-0.25, -0.2) is 0 Å². The van der Waals surface area contributed by atoms with E-state index in [-0.39, 0.29) is 34.0 Å². The van der Waals surface area contributed by atoms with Crippen molar-refractivity contribution in [2.75, 3.05) is 6.61 Å². The van der Waals surface area contributed by atoms with E-state index < -0.39 is 0 Å². The van der Waals surface area contributed by atoms with E-state index >= 15 is 0 Å². The molecule has 6 heavy (non-hydrogen) atoms. The first-order chi connectivity index (χ1) is 1.91. The summed E-state index contributed by atoms with van der Waals surface area (Å²) in [6.07, 6.45) is 0. The van der Waals surface area contributed by atoms with E-state index in [9.17, 15) is 0 Å². The molecule has 0 aromatic carbocycles. The molecule has 0 atom stereocenters. The van der Waals surface area contributed by atoms with Crippen molar-refractivity contribution in [2.24, 2.45) is 0 Å². The summed E-state index contributed by atoms with van der Waals surface area (Å²) in [6, 6.07) is 0. The van der Waals surface area contributed by atoms with Gasteiger partial charge in [-0.3, -0.25) is 0 Å². The highest BCUT2D eigenvalue weighted by atomic mass is 79.9. The van der Waals surface area contributed by atoms with Gasteiger partial charge in [-0.1, -0.05) is 0 Å². The fourth-order valence-corrected chi connectivity index (χ4v) is 0. The first-order valence-electron chi connectivity index (χ1n) is 1.23. The second-order valence-electron chi connectivity index (χ2n) is 0.455. The van der Waals surface area contributed by atoms with Crippen LogP contribution in [-0.4, -0.2) is 23.2 Å². The SMILES string of the molecule is Br.Br.CC[O][Al]. The third kappa shape index (κ3) is 18.0. The van der Waals surface area contributed by atoms with E-state index in [1.54, 1.807) is 0 Å². The van der Waals surface area contributed by atoms with Gasteiger partial charge < -0.3 is 3.79 Å². The van der Waals surface area contributed by atoms with Crippen molar-refractivity contribution >= 4 is 50.6 Å². The fraction of sp³-hybridized carbons (Fsp3) is 1.00. The lowest BCUT2D eigenvalue weighted by Gasteiger charge is -1.79. The fourth-order valence-electron chi connectivity index (χ4n) is 0. The molecule has 38 valence electrons. The molecule has 0 saturated carbocycles. The third-order valence-electron chi connectivity index (χ3n) is 0.167. The van der Waals surface area contributed by atoms with E-state index in [1.165, 1.54) is 0 Å². The molecule has 0 aliphatic heterocycles. The molecule has 0 aromatic rings. The Bertz CT molecular complexity index is 13.5. The maximum absolute atomic E-state index is 4.46. The van der Waals surface area contributed by atoms with Gasteiger partial charge in [0.1, 0.15) is 0 Å². The van der Waals surface area contributed by atoms with Crippen molar-refractivity contribution in [3.05, 3.63) is 0 Å². The third-order valence-corrected chi connectivity index (χ3v) is 0.500. The molecule has 0 aliphatic rings. The minimum Gasteiger partial charge on any atom is -0.516 e. The zero-order chi connectivity index (χ0) is 3.41. The molecule has 0 aromatic heterocycles. The Kier molecular flexibility index (Phi) is 42.0. The largest absolute Gasteiger partial charge is 0.516 e. The van der Waals surface area contributed by atoms with Gasteiger partial charge in [0.25, 0.3) is 0 Å². The molecule has 0 heterocycles. The molecular formula is C2H7AlBr2O. The highest BCUT2D eigenvalue weighted by Crippen LogP contribution is 1.50. The summed E-state index contributed by atoms with van der Waals surface area (Å²) in [5.74, 6) is 0. The topological polar surface area (TPSA) is 9.23 Å². The predicted octanol–water partition coefficient (Wildman–Crippen LogP) is 1.26. The minimum absolute atomic E-state index is 0. The normalized spacial score (nSPS) is 4.83. The molecule has 0 unspecified atom stereocenters. The smallest absolute Gasteiger partial charge is 0.369 e. The van der Waals surface area contributed by atoms with E-state index in [1.807, 2.05) is 6.92 Å². The minimum atomic E-state index is 0. The Morgan fingerprint density at radius 2 is 1.67 bits per heavy atom. The summed E-state index contributed by atoms with van der Waals surface area (Å²) in [5, 5.41) is 0. The second-order valence-corrected chi connectivity index (χ2v) is 0.789.